The Hall–Kier alpha value is -2.00. The first-order chi connectivity index (χ1) is 12.0. The molecule has 0 unspecified atom stereocenters. The lowest BCUT2D eigenvalue weighted by molar-refractivity contribution is -0.140. The molecule has 0 bridgehead atoms. The minimum absolute atomic E-state index is 0.243. The fourth-order valence-corrected chi connectivity index (χ4v) is 3.05. The van der Waals surface area contributed by atoms with Gasteiger partial charge < -0.3 is 9.64 Å². The number of halogens is 1. The van der Waals surface area contributed by atoms with Gasteiger partial charge in [-0.1, -0.05) is 39.4 Å². The Morgan fingerprint density at radius 1 is 1.28 bits per heavy atom. The van der Waals surface area contributed by atoms with Crippen LogP contribution in [0.15, 0.2) is 28.7 Å². The van der Waals surface area contributed by atoms with E-state index in [2.05, 4.69) is 36.2 Å². The Morgan fingerprint density at radius 2 is 2.00 bits per heavy atom. The van der Waals surface area contributed by atoms with Crippen molar-refractivity contribution in [3.05, 3.63) is 39.3 Å². The Morgan fingerprint density at radius 3 is 2.68 bits per heavy atom. The summed E-state index contributed by atoms with van der Waals surface area (Å²) in [5.41, 5.74) is 1.03. The molecule has 1 aromatic heterocycles. The molecule has 2 amide bonds. The van der Waals surface area contributed by atoms with E-state index in [-0.39, 0.29) is 12.0 Å². The summed E-state index contributed by atoms with van der Waals surface area (Å²) < 4.78 is 5.59. The lowest BCUT2D eigenvalue weighted by Crippen LogP contribution is -2.30. The summed E-state index contributed by atoms with van der Waals surface area (Å²) in [6.45, 7) is 0.490. The number of carbonyl (C=O) groups excluding carboxylic acids is 2. The van der Waals surface area contributed by atoms with Gasteiger partial charge in [0.15, 0.2) is 0 Å². The number of aromatic nitrogens is 2. The standard InChI is InChI=1S/C16H19BrN4O3S/c1-21(10-11-6-8-12(17)9-7-11)16(23)18-15-20-19-13(25-15)4-3-5-14(22)24-2/h6-9H,3-5,10H2,1-2H3,(H,18,20,23). The molecule has 25 heavy (non-hydrogen) atoms. The van der Waals surface area contributed by atoms with E-state index < -0.39 is 0 Å². The minimum Gasteiger partial charge on any atom is -0.469 e. The van der Waals surface area contributed by atoms with Crippen LogP contribution in [0.5, 0.6) is 0 Å². The van der Waals surface area contributed by atoms with Crippen LogP contribution in [0.3, 0.4) is 0 Å². The van der Waals surface area contributed by atoms with E-state index in [1.807, 2.05) is 24.3 Å². The van der Waals surface area contributed by atoms with Crippen molar-refractivity contribution in [3.63, 3.8) is 0 Å². The zero-order chi connectivity index (χ0) is 18.2. The monoisotopic (exact) mass is 426 g/mol. The Balaban J connectivity index is 1.81. The summed E-state index contributed by atoms with van der Waals surface area (Å²) in [5.74, 6) is -0.243. The highest BCUT2D eigenvalue weighted by Crippen LogP contribution is 2.18. The zero-order valence-electron chi connectivity index (χ0n) is 14.0. The Bertz CT molecular complexity index is 720. The highest BCUT2D eigenvalue weighted by molar-refractivity contribution is 9.10. The van der Waals surface area contributed by atoms with Crippen LogP contribution in [0.4, 0.5) is 9.93 Å². The highest BCUT2D eigenvalue weighted by Gasteiger charge is 2.13. The van der Waals surface area contributed by atoms with E-state index in [9.17, 15) is 9.59 Å². The number of esters is 1. The number of methoxy groups -OCH3 is 1. The number of hydrogen-bond donors (Lipinski definition) is 1. The molecule has 0 aliphatic rings. The number of rotatable bonds is 7. The molecule has 0 spiro atoms. The molecule has 0 saturated heterocycles. The van der Waals surface area contributed by atoms with Gasteiger partial charge in [0.2, 0.25) is 5.13 Å². The third kappa shape index (κ3) is 6.43. The second-order valence-corrected chi connectivity index (χ2v) is 7.32. The van der Waals surface area contributed by atoms with Crippen molar-refractivity contribution in [2.75, 3.05) is 19.5 Å². The Kier molecular flexibility index (Phi) is 7.32. The van der Waals surface area contributed by atoms with Crippen LogP contribution in [0, 0.1) is 0 Å². The fraction of sp³-hybridized carbons (Fsp3) is 0.375. The van der Waals surface area contributed by atoms with Crippen molar-refractivity contribution in [1.29, 1.82) is 0 Å². The van der Waals surface area contributed by atoms with Crippen LogP contribution in [0.2, 0.25) is 0 Å². The number of anilines is 1. The molecule has 0 fully saturated rings. The summed E-state index contributed by atoms with van der Waals surface area (Å²) in [7, 11) is 3.08. The first kappa shape index (κ1) is 19.3. The summed E-state index contributed by atoms with van der Waals surface area (Å²) in [6.07, 6.45) is 1.60. The van der Waals surface area contributed by atoms with Gasteiger partial charge in [0.1, 0.15) is 5.01 Å². The lowest BCUT2D eigenvalue weighted by Gasteiger charge is -2.16. The molecule has 0 aliphatic carbocycles. The second-order valence-electron chi connectivity index (χ2n) is 5.34. The van der Waals surface area contributed by atoms with Crippen molar-refractivity contribution in [2.45, 2.75) is 25.8 Å². The number of carbonyl (C=O) groups is 2. The summed E-state index contributed by atoms with van der Waals surface area (Å²) >= 11 is 4.69. The molecular weight excluding hydrogens is 408 g/mol. The van der Waals surface area contributed by atoms with E-state index in [4.69, 9.17) is 0 Å². The zero-order valence-corrected chi connectivity index (χ0v) is 16.4. The maximum atomic E-state index is 12.2. The van der Waals surface area contributed by atoms with Gasteiger partial charge in [0.05, 0.1) is 7.11 Å². The van der Waals surface area contributed by atoms with Crippen molar-refractivity contribution in [1.82, 2.24) is 15.1 Å². The molecular formula is C16H19BrN4O3S. The van der Waals surface area contributed by atoms with Crippen molar-refractivity contribution < 1.29 is 14.3 Å². The third-order valence-electron chi connectivity index (χ3n) is 3.36. The average Bonchev–Trinajstić information content (AvgIpc) is 3.04. The molecule has 2 aromatic rings. The van der Waals surface area contributed by atoms with Crippen LogP contribution < -0.4 is 5.32 Å². The maximum Gasteiger partial charge on any atom is 0.323 e. The number of nitrogens with zero attached hydrogens (tertiary/aromatic N) is 3. The van der Waals surface area contributed by atoms with Gasteiger partial charge in [-0.15, -0.1) is 10.2 Å². The molecule has 2 rings (SSSR count). The quantitative estimate of drug-likeness (QED) is 0.685. The smallest absolute Gasteiger partial charge is 0.323 e. The van der Waals surface area contributed by atoms with E-state index in [0.29, 0.717) is 30.9 Å². The van der Waals surface area contributed by atoms with Gasteiger partial charge in [-0.2, -0.15) is 0 Å². The van der Waals surface area contributed by atoms with Gasteiger partial charge in [-0.05, 0) is 24.1 Å². The van der Waals surface area contributed by atoms with Crippen LogP contribution in [-0.2, 0) is 22.5 Å². The normalized spacial score (nSPS) is 10.4. The molecule has 134 valence electrons. The number of ether oxygens (including phenoxy) is 1. The topological polar surface area (TPSA) is 84.4 Å². The molecule has 0 saturated carbocycles. The van der Waals surface area contributed by atoms with E-state index in [1.165, 1.54) is 18.4 Å². The first-order valence-corrected chi connectivity index (χ1v) is 9.24. The number of urea groups is 1. The number of hydrogen-bond acceptors (Lipinski definition) is 6. The van der Waals surface area contributed by atoms with Gasteiger partial charge in [-0.25, -0.2) is 4.79 Å². The second kappa shape index (κ2) is 9.47. The molecule has 1 aromatic carbocycles. The molecule has 1 heterocycles. The Labute approximate surface area is 158 Å². The van der Waals surface area contributed by atoms with Gasteiger partial charge in [-0.3, -0.25) is 10.1 Å². The van der Waals surface area contributed by atoms with Crippen LogP contribution in [-0.4, -0.2) is 41.3 Å². The highest BCUT2D eigenvalue weighted by atomic mass is 79.9. The third-order valence-corrected chi connectivity index (χ3v) is 4.79. The molecule has 0 atom stereocenters. The molecule has 7 nitrogen and oxygen atoms in total. The average molecular weight is 427 g/mol. The number of aryl methyl sites for hydroxylation is 1. The molecule has 9 heteroatoms. The first-order valence-electron chi connectivity index (χ1n) is 7.63. The van der Waals surface area contributed by atoms with Crippen LogP contribution in [0.1, 0.15) is 23.4 Å². The lowest BCUT2D eigenvalue weighted by atomic mass is 10.2. The van der Waals surface area contributed by atoms with Crippen LogP contribution >= 0.6 is 27.3 Å². The van der Waals surface area contributed by atoms with Crippen LogP contribution in [0.25, 0.3) is 0 Å². The number of benzene rings is 1. The minimum atomic E-state index is -0.250. The van der Waals surface area contributed by atoms with E-state index in [0.717, 1.165) is 15.0 Å². The van der Waals surface area contributed by atoms with E-state index >= 15 is 0 Å². The maximum absolute atomic E-state index is 12.2. The number of nitrogens with one attached hydrogen (secondary N) is 1. The summed E-state index contributed by atoms with van der Waals surface area (Å²) in [4.78, 5) is 24.9. The van der Waals surface area contributed by atoms with Gasteiger partial charge >= 0.3 is 12.0 Å². The SMILES string of the molecule is COC(=O)CCCc1nnc(NC(=O)N(C)Cc2ccc(Br)cc2)s1. The van der Waals surface area contributed by atoms with Gasteiger partial charge in [0, 0.05) is 30.9 Å². The molecule has 0 aliphatic heterocycles. The predicted molar refractivity (Wildman–Crippen MR) is 99.5 cm³/mol. The number of amides is 2. The van der Waals surface area contributed by atoms with Gasteiger partial charge in [0.25, 0.3) is 0 Å². The van der Waals surface area contributed by atoms with Crippen molar-refractivity contribution in [2.24, 2.45) is 0 Å². The summed E-state index contributed by atoms with van der Waals surface area (Å²) in [6, 6.07) is 7.54. The van der Waals surface area contributed by atoms with Crippen molar-refractivity contribution >= 4 is 44.4 Å². The largest absolute Gasteiger partial charge is 0.469 e. The van der Waals surface area contributed by atoms with E-state index in [1.54, 1.807) is 11.9 Å². The fourth-order valence-electron chi connectivity index (χ4n) is 2.01. The molecule has 0 radical (unpaired) electrons. The predicted octanol–water partition coefficient (Wildman–Crippen LogP) is 3.46. The van der Waals surface area contributed by atoms with Crippen molar-refractivity contribution in [3.8, 4) is 0 Å². The molecule has 1 N–H and O–H groups in total. The summed E-state index contributed by atoms with van der Waals surface area (Å²) in [5, 5.41) is 11.9.